The molecule has 0 bridgehead atoms. The first-order chi connectivity index (χ1) is 13.3. The zero-order valence-electron chi connectivity index (χ0n) is 14.8. The van der Waals surface area contributed by atoms with E-state index in [-0.39, 0.29) is 0 Å². The summed E-state index contributed by atoms with van der Waals surface area (Å²) in [6.45, 7) is 4.95. The summed E-state index contributed by atoms with van der Waals surface area (Å²) in [6, 6.07) is 16.9. The summed E-state index contributed by atoms with van der Waals surface area (Å²) in [5.74, 6) is 1.01. The Bertz CT molecular complexity index is 1080. The lowest BCUT2D eigenvalue weighted by Crippen LogP contribution is -2.46. The van der Waals surface area contributed by atoms with E-state index in [1.165, 1.54) is 5.56 Å². The average molecular weight is 423 g/mol. The lowest BCUT2D eigenvalue weighted by atomic mass is 10.1. The predicted octanol–water partition coefficient (Wildman–Crippen LogP) is 3.36. The van der Waals surface area contributed by atoms with Crippen molar-refractivity contribution in [1.82, 2.24) is 24.7 Å². The fourth-order valence-electron chi connectivity index (χ4n) is 3.71. The van der Waals surface area contributed by atoms with Crippen molar-refractivity contribution < 1.29 is 0 Å². The van der Waals surface area contributed by atoms with Crippen molar-refractivity contribution in [3.8, 4) is 0 Å². The standard InChI is InChI=1S/C20H19BrN6/c21-16-7-5-15(6-8-16)13-25-9-11-26(12-10-25)20-18-4-2-1-3-17(18)19-23-22-14-27(19)24-20/h1-8,14H,9-13H2. The Balaban J connectivity index is 1.38. The van der Waals surface area contributed by atoms with E-state index in [4.69, 9.17) is 5.10 Å². The van der Waals surface area contributed by atoms with Gasteiger partial charge in [-0.05, 0) is 17.7 Å². The van der Waals surface area contributed by atoms with Crippen LogP contribution in [0.5, 0.6) is 0 Å². The summed E-state index contributed by atoms with van der Waals surface area (Å²) in [4.78, 5) is 4.87. The number of halogens is 1. The monoisotopic (exact) mass is 422 g/mol. The molecule has 0 atom stereocenters. The SMILES string of the molecule is Brc1ccc(CN2CCN(c3nn4cnnc4c4ccccc34)CC2)cc1. The first kappa shape index (κ1) is 16.6. The molecule has 6 nitrogen and oxygen atoms in total. The first-order valence-electron chi connectivity index (χ1n) is 9.08. The molecule has 2 aromatic heterocycles. The highest BCUT2D eigenvalue weighted by atomic mass is 79.9. The molecule has 0 unspecified atom stereocenters. The zero-order valence-corrected chi connectivity index (χ0v) is 16.4. The molecule has 0 saturated carbocycles. The van der Waals surface area contributed by atoms with Crippen LogP contribution < -0.4 is 4.90 Å². The summed E-state index contributed by atoms with van der Waals surface area (Å²) in [5.41, 5.74) is 2.16. The average Bonchev–Trinajstić information content (AvgIpc) is 3.19. The van der Waals surface area contributed by atoms with Crippen LogP contribution >= 0.6 is 15.9 Å². The number of anilines is 1. The van der Waals surface area contributed by atoms with E-state index >= 15 is 0 Å². The van der Waals surface area contributed by atoms with Gasteiger partial charge < -0.3 is 4.90 Å². The third-order valence-electron chi connectivity index (χ3n) is 5.13. The maximum absolute atomic E-state index is 4.80. The number of fused-ring (bicyclic) bond motifs is 3. The molecule has 136 valence electrons. The van der Waals surface area contributed by atoms with E-state index < -0.39 is 0 Å². The highest BCUT2D eigenvalue weighted by Crippen LogP contribution is 2.27. The molecule has 2 aromatic carbocycles. The molecule has 1 aliphatic heterocycles. The Morgan fingerprint density at radius 3 is 2.41 bits per heavy atom. The summed E-state index contributed by atoms with van der Waals surface area (Å²) < 4.78 is 2.91. The van der Waals surface area contributed by atoms with Crippen LogP contribution in [0, 0.1) is 0 Å². The smallest absolute Gasteiger partial charge is 0.185 e. The number of nitrogens with zero attached hydrogens (tertiary/aromatic N) is 6. The Morgan fingerprint density at radius 2 is 1.63 bits per heavy atom. The maximum Gasteiger partial charge on any atom is 0.185 e. The van der Waals surface area contributed by atoms with Crippen LogP contribution in [0.15, 0.2) is 59.3 Å². The Hall–Kier alpha value is -2.51. The normalized spacial score (nSPS) is 15.7. The summed E-state index contributed by atoms with van der Waals surface area (Å²) >= 11 is 3.50. The fourth-order valence-corrected chi connectivity index (χ4v) is 3.97. The van der Waals surface area contributed by atoms with E-state index in [2.05, 4.69) is 78.4 Å². The van der Waals surface area contributed by atoms with Crippen molar-refractivity contribution >= 4 is 38.2 Å². The minimum Gasteiger partial charge on any atom is -0.352 e. The maximum atomic E-state index is 4.80. The molecule has 1 aliphatic rings. The number of aromatic nitrogens is 4. The van der Waals surface area contributed by atoms with Gasteiger partial charge in [0, 0.05) is 48.0 Å². The van der Waals surface area contributed by atoms with Crippen molar-refractivity contribution in [1.29, 1.82) is 0 Å². The molecule has 3 heterocycles. The minimum absolute atomic E-state index is 0.809. The molecule has 0 aliphatic carbocycles. The number of rotatable bonds is 3. The quantitative estimate of drug-likeness (QED) is 0.506. The van der Waals surface area contributed by atoms with Gasteiger partial charge in [-0.1, -0.05) is 52.3 Å². The number of hydrogen-bond acceptors (Lipinski definition) is 5. The van der Waals surface area contributed by atoms with Gasteiger partial charge in [-0.3, -0.25) is 4.90 Å². The van der Waals surface area contributed by atoms with Gasteiger partial charge in [0.15, 0.2) is 11.5 Å². The lowest BCUT2D eigenvalue weighted by molar-refractivity contribution is 0.249. The van der Waals surface area contributed by atoms with Gasteiger partial charge in [-0.2, -0.15) is 4.52 Å². The van der Waals surface area contributed by atoms with Gasteiger partial charge in [0.1, 0.15) is 6.33 Å². The van der Waals surface area contributed by atoms with Crippen molar-refractivity contribution in [2.45, 2.75) is 6.54 Å². The molecular formula is C20H19BrN6. The highest BCUT2D eigenvalue weighted by Gasteiger charge is 2.21. The van der Waals surface area contributed by atoms with E-state index in [1.54, 1.807) is 10.8 Å². The summed E-state index contributed by atoms with van der Waals surface area (Å²) in [5, 5.41) is 15.3. The summed E-state index contributed by atoms with van der Waals surface area (Å²) in [7, 11) is 0. The van der Waals surface area contributed by atoms with E-state index in [0.717, 1.165) is 59.4 Å². The van der Waals surface area contributed by atoms with Crippen molar-refractivity contribution in [2.75, 3.05) is 31.1 Å². The number of hydrogen-bond donors (Lipinski definition) is 0. The van der Waals surface area contributed by atoms with E-state index in [9.17, 15) is 0 Å². The van der Waals surface area contributed by atoms with Crippen LogP contribution in [0.3, 0.4) is 0 Å². The van der Waals surface area contributed by atoms with E-state index in [0.29, 0.717) is 0 Å². The lowest BCUT2D eigenvalue weighted by Gasteiger charge is -2.35. The first-order valence-corrected chi connectivity index (χ1v) is 9.88. The Kier molecular flexibility index (Phi) is 4.26. The van der Waals surface area contributed by atoms with Gasteiger partial charge in [0.25, 0.3) is 0 Å². The third-order valence-corrected chi connectivity index (χ3v) is 5.66. The van der Waals surface area contributed by atoms with Crippen LogP contribution in [-0.2, 0) is 6.54 Å². The van der Waals surface area contributed by atoms with Gasteiger partial charge in [0.2, 0.25) is 0 Å². The Morgan fingerprint density at radius 1 is 0.889 bits per heavy atom. The second kappa shape index (κ2) is 6.90. The number of piperazine rings is 1. The van der Waals surface area contributed by atoms with Gasteiger partial charge >= 0.3 is 0 Å². The molecule has 7 heteroatoms. The molecule has 0 amide bonds. The second-order valence-corrected chi connectivity index (χ2v) is 7.77. The van der Waals surface area contributed by atoms with Crippen LogP contribution in [-0.4, -0.2) is 50.9 Å². The molecule has 1 saturated heterocycles. The van der Waals surface area contributed by atoms with Crippen LogP contribution in [0.4, 0.5) is 5.82 Å². The van der Waals surface area contributed by atoms with Crippen LogP contribution in [0.25, 0.3) is 16.4 Å². The van der Waals surface area contributed by atoms with Gasteiger partial charge in [0.05, 0.1) is 0 Å². The number of benzene rings is 2. The van der Waals surface area contributed by atoms with E-state index in [1.807, 2.05) is 6.07 Å². The molecule has 0 spiro atoms. The zero-order chi connectivity index (χ0) is 18.2. The molecule has 4 aromatic rings. The molecule has 27 heavy (non-hydrogen) atoms. The minimum atomic E-state index is 0.809. The summed E-state index contributed by atoms with van der Waals surface area (Å²) in [6.07, 6.45) is 1.68. The van der Waals surface area contributed by atoms with Crippen molar-refractivity contribution in [2.24, 2.45) is 0 Å². The fraction of sp³-hybridized carbons (Fsp3) is 0.250. The highest BCUT2D eigenvalue weighted by molar-refractivity contribution is 9.10. The largest absolute Gasteiger partial charge is 0.352 e. The molecule has 1 fully saturated rings. The molecule has 5 rings (SSSR count). The van der Waals surface area contributed by atoms with Crippen molar-refractivity contribution in [3.05, 3.63) is 64.9 Å². The van der Waals surface area contributed by atoms with Gasteiger partial charge in [-0.15, -0.1) is 15.3 Å². The Labute approximate surface area is 165 Å². The molecule has 0 radical (unpaired) electrons. The van der Waals surface area contributed by atoms with Crippen molar-refractivity contribution in [3.63, 3.8) is 0 Å². The van der Waals surface area contributed by atoms with Crippen LogP contribution in [0.1, 0.15) is 5.56 Å². The third kappa shape index (κ3) is 3.17. The molecular weight excluding hydrogens is 404 g/mol. The van der Waals surface area contributed by atoms with Gasteiger partial charge in [-0.25, -0.2) is 0 Å². The van der Waals surface area contributed by atoms with Crippen LogP contribution in [0.2, 0.25) is 0 Å². The second-order valence-electron chi connectivity index (χ2n) is 6.86. The topological polar surface area (TPSA) is 49.6 Å². The molecule has 0 N–H and O–H groups in total. The predicted molar refractivity (Wildman–Crippen MR) is 110 cm³/mol.